The van der Waals surface area contributed by atoms with Crippen LogP contribution in [-0.4, -0.2) is 59.3 Å². The standard InChI is InChI=1S/C7H14N2O6/c8-7(12)15-2-4-5(9-13)6(11)3(10)1-14-4/h3-7,10-12H,1-2,8H2. The van der Waals surface area contributed by atoms with E-state index in [2.05, 4.69) is 9.91 Å². The molecule has 0 bridgehead atoms. The fourth-order valence-electron chi connectivity index (χ4n) is 1.34. The third kappa shape index (κ3) is 3.16. The minimum atomic E-state index is -1.48. The molecule has 0 spiro atoms. The second-order valence-corrected chi connectivity index (χ2v) is 3.25. The maximum Gasteiger partial charge on any atom is 0.210 e. The van der Waals surface area contributed by atoms with Gasteiger partial charge in [0, 0.05) is 0 Å². The summed E-state index contributed by atoms with van der Waals surface area (Å²) in [6.45, 7) is -0.306. The summed E-state index contributed by atoms with van der Waals surface area (Å²) in [7, 11) is 0. The maximum absolute atomic E-state index is 10.4. The van der Waals surface area contributed by atoms with Crippen LogP contribution in [0.3, 0.4) is 0 Å². The number of aliphatic hydroxyl groups excluding tert-OH is 3. The van der Waals surface area contributed by atoms with Crippen LogP contribution in [-0.2, 0) is 9.47 Å². The highest BCUT2D eigenvalue weighted by molar-refractivity contribution is 4.91. The summed E-state index contributed by atoms with van der Waals surface area (Å²) >= 11 is 0. The van der Waals surface area contributed by atoms with Gasteiger partial charge in [-0.25, -0.2) is 0 Å². The van der Waals surface area contributed by atoms with Crippen LogP contribution >= 0.6 is 0 Å². The van der Waals surface area contributed by atoms with E-state index in [-0.39, 0.29) is 13.2 Å². The quantitative estimate of drug-likeness (QED) is 0.305. The lowest BCUT2D eigenvalue weighted by Gasteiger charge is -2.34. The summed E-state index contributed by atoms with van der Waals surface area (Å²) < 4.78 is 9.63. The van der Waals surface area contributed by atoms with Crippen molar-refractivity contribution in [1.29, 1.82) is 0 Å². The first-order chi connectivity index (χ1) is 7.06. The fraction of sp³-hybridized carbons (Fsp3) is 1.00. The topological polar surface area (TPSA) is 135 Å². The van der Waals surface area contributed by atoms with Gasteiger partial charge in [-0.1, -0.05) is 5.18 Å². The molecule has 0 aromatic carbocycles. The summed E-state index contributed by atoms with van der Waals surface area (Å²) in [5.74, 6) is 0. The lowest BCUT2D eigenvalue weighted by atomic mass is 9.98. The summed E-state index contributed by atoms with van der Waals surface area (Å²) in [5.41, 5.74) is 4.92. The molecule has 0 aliphatic carbocycles. The van der Waals surface area contributed by atoms with E-state index in [1.54, 1.807) is 0 Å². The molecule has 5 unspecified atom stereocenters. The van der Waals surface area contributed by atoms with E-state index in [1.165, 1.54) is 0 Å². The zero-order chi connectivity index (χ0) is 11.4. The first-order valence-electron chi connectivity index (χ1n) is 4.41. The zero-order valence-electron chi connectivity index (χ0n) is 7.89. The van der Waals surface area contributed by atoms with Crippen molar-refractivity contribution in [2.24, 2.45) is 10.9 Å². The molecule has 1 heterocycles. The van der Waals surface area contributed by atoms with Crippen LogP contribution in [0, 0.1) is 4.91 Å². The largest absolute Gasteiger partial charge is 0.388 e. The Hall–Kier alpha value is -0.640. The van der Waals surface area contributed by atoms with Crippen LogP contribution in [0.1, 0.15) is 0 Å². The fourth-order valence-corrected chi connectivity index (χ4v) is 1.34. The van der Waals surface area contributed by atoms with Gasteiger partial charge < -0.3 is 24.8 Å². The summed E-state index contributed by atoms with van der Waals surface area (Å²) in [6, 6.07) is -1.13. The molecular formula is C7H14N2O6. The maximum atomic E-state index is 10.4. The number of hydrogen-bond acceptors (Lipinski definition) is 8. The first-order valence-corrected chi connectivity index (χ1v) is 4.41. The predicted molar refractivity (Wildman–Crippen MR) is 47.5 cm³/mol. The molecule has 1 aliphatic rings. The molecule has 1 saturated heterocycles. The summed E-state index contributed by atoms with van der Waals surface area (Å²) in [5, 5.41) is 29.9. The number of nitroso groups, excluding NO2 is 1. The van der Waals surface area contributed by atoms with Crippen molar-refractivity contribution in [2.75, 3.05) is 13.2 Å². The van der Waals surface area contributed by atoms with Crippen molar-refractivity contribution in [3.63, 3.8) is 0 Å². The molecule has 0 amide bonds. The van der Waals surface area contributed by atoms with Crippen LogP contribution < -0.4 is 5.73 Å². The Kier molecular flexibility index (Phi) is 4.51. The molecule has 0 saturated carbocycles. The lowest BCUT2D eigenvalue weighted by molar-refractivity contribution is -0.176. The second kappa shape index (κ2) is 5.45. The molecule has 0 aromatic rings. The highest BCUT2D eigenvalue weighted by Gasteiger charge is 2.40. The molecule has 5 N–H and O–H groups in total. The number of ether oxygens (including phenoxy) is 2. The van der Waals surface area contributed by atoms with Crippen molar-refractivity contribution in [3.8, 4) is 0 Å². The Labute approximate surface area is 85.6 Å². The van der Waals surface area contributed by atoms with Crippen molar-refractivity contribution in [3.05, 3.63) is 4.91 Å². The predicted octanol–water partition coefficient (Wildman–Crippen LogP) is -2.51. The van der Waals surface area contributed by atoms with Crippen molar-refractivity contribution >= 4 is 0 Å². The molecule has 1 aliphatic heterocycles. The monoisotopic (exact) mass is 222 g/mol. The Bertz CT molecular complexity index is 214. The lowest BCUT2D eigenvalue weighted by Crippen LogP contribution is -2.53. The zero-order valence-corrected chi connectivity index (χ0v) is 7.89. The molecule has 15 heavy (non-hydrogen) atoms. The number of hydrogen-bond donors (Lipinski definition) is 4. The highest BCUT2D eigenvalue weighted by atomic mass is 16.6. The average Bonchev–Trinajstić information content (AvgIpc) is 2.19. The highest BCUT2D eigenvalue weighted by Crippen LogP contribution is 2.18. The molecule has 88 valence electrons. The van der Waals surface area contributed by atoms with Gasteiger partial charge >= 0.3 is 0 Å². The van der Waals surface area contributed by atoms with E-state index in [0.717, 1.165) is 0 Å². The van der Waals surface area contributed by atoms with Gasteiger partial charge in [-0.3, -0.25) is 5.73 Å². The Morgan fingerprint density at radius 3 is 2.80 bits per heavy atom. The minimum Gasteiger partial charge on any atom is -0.388 e. The van der Waals surface area contributed by atoms with Gasteiger partial charge in [-0.2, -0.15) is 4.91 Å². The van der Waals surface area contributed by atoms with Gasteiger partial charge in [0.15, 0.2) is 0 Å². The Morgan fingerprint density at radius 1 is 1.60 bits per heavy atom. The molecular weight excluding hydrogens is 208 g/mol. The molecule has 0 radical (unpaired) electrons. The molecule has 1 rings (SSSR count). The van der Waals surface area contributed by atoms with Crippen LogP contribution in [0.25, 0.3) is 0 Å². The smallest absolute Gasteiger partial charge is 0.210 e. The molecule has 5 atom stereocenters. The SMILES string of the molecule is NC(O)OCC1OCC(O)C(O)C1N=O. The van der Waals surface area contributed by atoms with Crippen molar-refractivity contribution < 1.29 is 24.8 Å². The van der Waals surface area contributed by atoms with E-state index in [9.17, 15) is 15.1 Å². The number of rotatable bonds is 4. The third-order valence-corrected chi connectivity index (χ3v) is 2.16. The van der Waals surface area contributed by atoms with Gasteiger partial charge in [0.05, 0.1) is 13.2 Å². The van der Waals surface area contributed by atoms with E-state index < -0.39 is 30.8 Å². The Morgan fingerprint density at radius 2 is 2.27 bits per heavy atom. The normalized spacial score (nSPS) is 38.7. The van der Waals surface area contributed by atoms with Crippen molar-refractivity contribution in [2.45, 2.75) is 30.8 Å². The van der Waals surface area contributed by atoms with Gasteiger partial charge in [-0.15, -0.1) is 0 Å². The van der Waals surface area contributed by atoms with Gasteiger partial charge in [0.2, 0.25) is 6.41 Å². The summed E-state index contributed by atoms with van der Waals surface area (Å²) in [4.78, 5) is 10.4. The average molecular weight is 222 g/mol. The minimum absolute atomic E-state index is 0.123. The van der Waals surface area contributed by atoms with Gasteiger partial charge in [0.25, 0.3) is 0 Å². The van der Waals surface area contributed by atoms with Gasteiger partial charge in [-0.05, 0) is 0 Å². The molecule has 8 heteroatoms. The van der Waals surface area contributed by atoms with E-state index >= 15 is 0 Å². The van der Waals surface area contributed by atoms with E-state index in [1.807, 2.05) is 0 Å². The third-order valence-electron chi connectivity index (χ3n) is 2.16. The van der Waals surface area contributed by atoms with E-state index in [4.69, 9.17) is 15.6 Å². The number of aliphatic hydroxyl groups is 3. The van der Waals surface area contributed by atoms with E-state index in [0.29, 0.717) is 0 Å². The molecule has 8 nitrogen and oxygen atoms in total. The number of nitrogens with zero attached hydrogens (tertiary/aromatic N) is 1. The van der Waals surface area contributed by atoms with Crippen LogP contribution in [0.5, 0.6) is 0 Å². The van der Waals surface area contributed by atoms with Crippen molar-refractivity contribution in [1.82, 2.24) is 0 Å². The Balaban J connectivity index is 2.52. The van der Waals surface area contributed by atoms with Crippen LogP contribution in [0.4, 0.5) is 0 Å². The van der Waals surface area contributed by atoms with Gasteiger partial charge in [0.1, 0.15) is 24.4 Å². The number of nitrogens with two attached hydrogens (primary N) is 1. The molecule has 1 fully saturated rings. The first kappa shape index (κ1) is 12.4. The molecule has 0 aromatic heterocycles. The van der Waals surface area contributed by atoms with Crippen LogP contribution in [0.15, 0.2) is 5.18 Å². The summed E-state index contributed by atoms with van der Waals surface area (Å²) in [6.07, 6.45) is -4.74. The van der Waals surface area contributed by atoms with Crippen LogP contribution in [0.2, 0.25) is 0 Å². The second-order valence-electron chi connectivity index (χ2n) is 3.25.